The molecule has 0 radical (unpaired) electrons. The molecule has 1 saturated carbocycles. The van der Waals surface area contributed by atoms with Gasteiger partial charge in [-0.15, -0.1) is 0 Å². The fourth-order valence-electron chi connectivity index (χ4n) is 1.31. The highest BCUT2D eigenvalue weighted by Gasteiger charge is 2.46. The van der Waals surface area contributed by atoms with Gasteiger partial charge in [0.25, 0.3) is 0 Å². The molecule has 0 aliphatic heterocycles. The summed E-state index contributed by atoms with van der Waals surface area (Å²) in [7, 11) is 2.12. The highest BCUT2D eigenvalue weighted by molar-refractivity contribution is 7.18. The second kappa shape index (κ2) is 3.20. The van der Waals surface area contributed by atoms with Crippen LogP contribution in [-0.2, 0) is 9.53 Å². The van der Waals surface area contributed by atoms with E-state index in [4.69, 9.17) is 4.74 Å². The third-order valence-corrected chi connectivity index (χ3v) is 2.38. The number of hydrogen-bond acceptors (Lipinski definition) is 2. The van der Waals surface area contributed by atoms with E-state index in [2.05, 4.69) is 9.24 Å². The Bertz CT molecular complexity index is 212. The van der Waals surface area contributed by atoms with Gasteiger partial charge < -0.3 is 4.74 Å². The van der Waals surface area contributed by atoms with Crippen molar-refractivity contribution in [2.45, 2.75) is 44.6 Å². The Balaban J connectivity index is 2.36. The molecule has 0 spiro atoms. The lowest BCUT2D eigenvalue weighted by Crippen LogP contribution is -2.41. The van der Waals surface area contributed by atoms with Crippen LogP contribution in [0.2, 0.25) is 0 Å². The summed E-state index contributed by atoms with van der Waals surface area (Å²) in [5.41, 5.74) is -0.466. The van der Waals surface area contributed by atoms with Crippen LogP contribution < -0.4 is 0 Å². The van der Waals surface area contributed by atoms with E-state index in [-0.39, 0.29) is 24.7 Å². The van der Waals surface area contributed by atoms with Crippen LogP contribution in [0.1, 0.15) is 33.6 Å². The molecule has 0 aromatic rings. The zero-order valence-corrected chi connectivity index (χ0v) is 9.42. The third kappa shape index (κ3) is 3.22. The van der Waals surface area contributed by atoms with Crippen LogP contribution in [-0.4, -0.2) is 17.0 Å². The summed E-state index contributed by atoms with van der Waals surface area (Å²) >= 11 is 0. The van der Waals surface area contributed by atoms with Gasteiger partial charge in [0.15, 0.2) is 0 Å². The molecule has 4 heteroatoms. The fraction of sp³-hybridized carbons (Fsp3) is 0.889. The lowest BCUT2D eigenvalue weighted by atomic mass is 9.82. The largest absolute Gasteiger partial charge is 0.460 e. The highest BCUT2D eigenvalue weighted by atomic mass is 31.0. The van der Waals surface area contributed by atoms with Crippen LogP contribution >= 0.6 is 9.24 Å². The van der Waals surface area contributed by atoms with Crippen molar-refractivity contribution in [1.29, 1.82) is 0 Å². The van der Waals surface area contributed by atoms with Gasteiger partial charge in [0.1, 0.15) is 11.0 Å². The zero-order chi connectivity index (χ0) is 10.3. The lowest BCUT2D eigenvalue weighted by molar-refractivity contribution is -0.166. The normalized spacial score (nSPS) is 33.8. The Kier molecular flexibility index (Phi) is 2.68. The first-order valence-electron chi connectivity index (χ1n) is 4.40. The molecule has 76 valence electrons. The van der Waals surface area contributed by atoms with E-state index in [9.17, 15) is 9.18 Å². The van der Waals surface area contributed by atoms with Crippen LogP contribution in [0.5, 0.6) is 0 Å². The number of esters is 1. The minimum Gasteiger partial charge on any atom is -0.460 e. The molecule has 0 saturated heterocycles. The third-order valence-electron chi connectivity index (χ3n) is 1.91. The summed E-state index contributed by atoms with van der Waals surface area (Å²) < 4.78 is 18.1. The summed E-state index contributed by atoms with van der Waals surface area (Å²) in [5.74, 6) is -0.523. The van der Waals surface area contributed by atoms with E-state index in [0.29, 0.717) is 0 Å². The van der Waals surface area contributed by atoms with Crippen molar-refractivity contribution in [3.05, 3.63) is 0 Å². The van der Waals surface area contributed by atoms with Crippen molar-refractivity contribution in [3.8, 4) is 0 Å². The molecule has 0 amide bonds. The van der Waals surface area contributed by atoms with Crippen molar-refractivity contribution in [2.75, 3.05) is 0 Å². The predicted octanol–water partition coefficient (Wildman–Crippen LogP) is 2.28. The second-order valence-electron chi connectivity index (χ2n) is 4.67. The number of ether oxygens (including phenoxy) is 1. The maximum absolute atomic E-state index is 13.0. The smallest absolute Gasteiger partial charge is 0.309 e. The zero-order valence-electron chi connectivity index (χ0n) is 8.26. The maximum atomic E-state index is 13.0. The molecule has 1 unspecified atom stereocenters. The van der Waals surface area contributed by atoms with Crippen LogP contribution in [0, 0.1) is 5.92 Å². The van der Waals surface area contributed by atoms with Gasteiger partial charge in [-0.1, -0.05) is 9.24 Å². The average Bonchev–Trinajstić information content (AvgIpc) is 1.77. The van der Waals surface area contributed by atoms with Crippen molar-refractivity contribution < 1.29 is 13.9 Å². The molecule has 1 fully saturated rings. The molecule has 0 heterocycles. The first-order chi connectivity index (χ1) is 5.70. The molecule has 1 aliphatic rings. The number of rotatable bonds is 1. The molecule has 0 aromatic heterocycles. The van der Waals surface area contributed by atoms with Crippen molar-refractivity contribution in [1.82, 2.24) is 0 Å². The summed E-state index contributed by atoms with van der Waals surface area (Å²) in [6.45, 7) is 5.44. The number of carbonyl (C=O) groups is 1. The first-order valence-corrected chi connectivity index (χ1v) is 4.98. The van der Waals surface area contributed by atoms with Crippen molar-refractivity contribution >= 4 is 15.2 Å². The molecule has 0 aromatic carbocycles. The quantitative estimate of drug-likeness (QED) is 0.486. The summed E-state index contributed by atoms with van der Waals surface area (Å²) in [6, 6.07) is 0. The Labute approximate surface area is 80.4 Å². The minimum atomic E-state index is -1.23. The summed E-state index contributed by atoms with van der Waals surface area (Å²) in [6.07, 6.45) is 0.541. The number of carbonyl (C=O) groups excluding carboxylic acids is 1. The monoisotopic (exact) mass is 206 g/mol. The van der Waals surface area contributed by atoms with Crippen molar-refractivity contribution in [3.63, 3.8) is 0 Å². The van der Waals surface area contributed by atoms with Gasteiger partial charge in [-0.2, -0.15) is 0 Å². The molecule has 0 N–H and O–H groups in total. The molecule has 1 atom stereocenters. The molecule has 13 heavy (non-hydrogen) atoms. The van der Waals surface area contributed by atoms with Gasteiger partial charge in [0, 0.05) is 0 Å². The van der Waals surface area contributed by atoms with Gasteiger partial charge in [0.2, 0.25) is 0 Å². The SMILES string of the molecule is CC(C)(C)OC(=O)C1CC(F)(P)C1. The van der Waals surface area contributed by atoms with Crippen LogP contribution in [0.15, 0.2) is 0 Å². The summed E-state index contributed by atoms with van der Waals surface area (Å²) in [5, 5.41) is -1.23. The van der Waals surface area contributed by atoms with Gasteiger partial charge >= 0.3 is 5.97 Å². The molecular formula is C9H16FO2P. The van der Waals surface area contributed by atoms with Crippen LogP contribution in [0.3, 0.4) is 0 Å². The van der Waals surface area contributed by atoms with Crippen LogP contribution in [0.25, 0.3) is 0 Å². The van der Waals surface area contributed by atoms with Gasteiger partial charge in [-0.3, -0.25) is 4.79 Å². The van der Waals surface area contributed by atoms with E-state index in [1.807, 2.05) is 20.8 Å². The lowest BCUT2D eigenvalue weighted by Gasteiger charge is -2.37. The number of alkyl halides is 1. The topological polar surface area (TPSA) is 26.3 Å². The molecule has 1 rings (SSSR count). The standard InChI is InChI=1S/C9H16FO2P/c1-8(2,3)12-7(11)6-4-9(10,13)5-6/h6H,4-5,13H2,1-3H3. The minimum absolute atomic E-state index is 0.248. The maximum Gasteiger partial charge on any atom is 0.309 e. The van der Waals surface area contributed by atoms with Crippen LogP contribution in [0.4, 0.5) is 4.39 Å². The number of hydrogen-bond donors (Lipinski definition) is 0. The highest BCUT2D eigenvalue weighted by Crippen LogP contribution is 2.46. The Morgan fingerprint density at radius 1 is 1.54 bits per heavy atom. The van der Waals surface area contributed by atoms with E-state index in [1.165, 1.54) is 0 Å². The predicted molar refractivity (Wildman–Crippen MR) is 52.1 cm³/mol. The molecule has 1 aliphatic carbocycles. The molecular weight excluding hydrogens is 190 g/mol. The second-order valence-corrected chi connectivity index (χ2v) is 5.71. The molecule has 0 bridgehead atoms. The number of halogens is 1. The summed E-state index contributed by atoms with van der Waals surface area (Å²) in [4.78, 5) is 11.3. The Morgan fingerprint density at radius 3 is 2.31 bits per heavy atom. The van der Waals surface area contributed by atoms with Gasteiger partial charge in [0.05, 0.1) is 5.92 Å². The van der Waals surface area contributed by atoms with E-state index in [1.54, 1.807) is 0 Å². The van der Waals surface area contributed by atoms with Gasteiger partial charge in [-0.05, 0) is 33.6 Å². The van der Waals surface area contributed by atoms with E-state index < -0.39 is 11.0 Å². The fourth-order valence-corrected chi connectivity index (χ4v) is 1.88. The Morgan fingerprint density at radius 2 is 2.00 bits per heavy atom. The van der Waals surface area contributed by atoms with Crippen molar-refractivity contribution in [2.24, 2.45) is 5.92 Å². The van der Waals surface area contributed by atoms with E-state index in [0.717, 1.165) is 0 Å². The first kappa shape index (κ1) is 10.9. The average molecular weight is 206 g/mol. The Hall–Kier alpha value is -0.170. The van der Waals surface area contributed by atoms with E-state index >= 15 is 0 Å². The van der Waals surface area contributed by atoms with Gasteiger partial charge in [-0.25, -0.2) is 4.39 Å². The molecule has 2 nitrogen and oxygen atoms in total.